The van der Waals surface area contributed by atoms with Crippen molar-refractivity contribution in [3.63, 3.8) is 0 Å². The third kappa shape index (κ3) is 3.01. The minimum atomic E-state index is -1.78. The second-order valence-corrected chi connectivity index (χ2v) is 6.63. The number of rotatable bonds is 7. The van der Waals surface area contributed by atoms with E-state index in [9.17, 15) is 19.5 Å². The summed E-state index contributed by atoms with van der Waals surface area (Å²) in [6, 6.07) is 3.97. The summed E-state index contributed by atoms with van der Waals surface area (Å²) in [5, 5.41) is 11.2. The molecule has 0 fully saturated rings. The Morgan fingerprint density at radius 3 is 2.46 bits per heavy atom. The average molecular weight is 362 g/mol. The molecule has 0 aromatic heterocycles. The molecular weight excluding hydrogens is 336 g/mol. The number of amides is 1. The quantitative estimate of drug-likeness (QED) is 0.557. The van der Waals surface area contributed by atoms with Gasteiger partial charge >= 0.3 is 5.97 Å². The molecule has 0 saturated heterocycles. The maximum absolute atomic E-state index is 13.0. The van der Waals surface area contributed by atoms with Crippen LogP contribution in [0.5, 0.6) is 0 Å². The average Bonchev–Trinajstić information content (AvgIpc) is 2.89. The molecule has 1 heterocycles. The minimum Gasteiger partial charge on any atom is -0.467 e. The van der Waals surface area contributed by atoms with Crippen LogP contribution < -0.4 is 5.73 Å². The van der Waals surface area contributed by atoms with Crippen LogP contribution in [0.3, 0.4) is 0 Å². The van der Waals surface area contributed by atoms with Gasteiger partial charge in [0.1, 0.15) is 0 Å². The molecule has 1 aliphatic heterocycles. The highest BCUT2D eigenvalue weighted by Crippen LogP contribution is 2.41. The van der Waals surface area contributed by atoms with Gasteiger partial charge < -0.3 is 15.6 Å². The van der Waals surface area contributed by atoms with E-state index in [4.69, 9.17) is 10.5 Å². The first-order valence-electron chi connectivity index (χ1n) is 8.77. The summed E-state index contributed by atoms with van der Waals surface area (Å²) >= 11 is 0. The number of esters is 1. The van der Waals surface area contributed by atoms with E-state index < -0.39 is 35.5 Å². The van der Waals surface area contributed by atoms with Gasteiger partial charge in [0.15, 0.2) is 17.6 Å². The first-order chi connectivity index (χ1) is 12.2. The standard InChI is InChI=1S/C19H26N2O5/c1-5-11(3)14(20)16(22)15(18(24)26-4)21-17(23)12-9-7-8-10-13(12)19(21,25)6-2/h7-11,14-15,25H,5-6,20H2,1-4H3/t11-,14-,15-,19?/m0/s1. The van der Waals surface area contributed by atoms with Crippen LogP contribution in [0.4, 0.5) is 0 Å². The Hall–Kier alpha value is -2.25. The Morgan fingerprint density at radius 2 is 1.92 bits per heavy atom. The fourth-order valence-electron chi connectivity index (χ4n) is 3.31. The Balaban J connectivity index is 2.57. The lowest BCUT2D eigenvalue weighted by Gasteiger charge is -2.38. The molecule has 1 aromatic carbocycles. The molecule has 7 heteroatoms. The number of Topliss-reactive ketones (excluding diaryl/α,β-unsaturated/α-hetero) is 1. The number of carbonyl (C=O) groups excluding carboxylic acids is 3. The molecule has 3 N–H and O–H groups in total. The predicted octanol–water partition coefficient (Wildman–Crippen LogP) is 1.18. The molecule has 0 aliphatic carbocycles. The zero-order chi connectivity index (χ0) is 19.6. The minimum absolute atomic E-state index is 0.106. The molecule has 0 spiro atoms. The fourth-order valence-corrected chi connectivity index (χ4v) is 3.31. The molecule has 2 rings (SSSR count). The summed E-state index contributed by atoms with van der Waals surface area (Å²) in [7, 11) is 1.13. The lowest BCUT2D eigenvalue weighted by molar-refractivity contribution is -0.165. The maximum atomic E-state index is 13.0. The van der Waals surface area contributed by atoms with Crippen molar-refractivity contribution in [1.82, 2.24) is 4.90 Å². The van der Waals surface area contributed by atoms with Gasteiger partial charge in [0.25, 0.3) is 5.91 Å². The number of hydrogen-bond acceptors (Lipinski definition) is 6. The van der Waals surface area contributed by atoms with Crippen LogP contribution in [0, 0.1) is 5.92 Å². The van der Waals surface area contributed by atoms with E-state index in [-0.39, 0.29) is 17.9 Å². The normalized spacial score (nSPS) is 22.5. The first kappa shape index (κ1) is 20.1. The lowest BCUT2D eigenvalue weighted by atomic mass is 9.90. The monoisotopic (exact) mass is 362 g/mol. The Labute approximate surface area is 153 Å². The van der Waals surface area contributed by atoms with Crippen LogP contribution in [-0.2, 0) is 20.1 Å². The van der Waals surface area contributed by atoms with E-state index in [1.807, 2.05) is 6.92 Å². The van der Waals surface area contributed by atoms with Crippen molar-refractivity contribution in [2.24, 2.45) is 11.7 Å². The number of fused-ring (bicyclic) bond motifs is 1. The zero-order valence-corrected chi connectivity index (χ0v) is 15.6. The van der Waals surface area contributed by atoms with Crippen molar-refractivity contribution < 1.29 is 24.2 Å². The van der Waals surface area contributed by atoms with Gasteiger partial charge in [0.2, 0.25) is 0 Å². The number of hydrogen-bond donors (Lipinski definition) is 2. The van der Waals surface area contributed by atoms with E-state index >= 15 is 0 Å². The molecule has 1 amide bonds. The molecule has 1 unspecified atom stereocenters. The number of nitrogens with zero attached hydrogens (tertiary/aromatic N) is 1. The van der Waals surface area contributed by atoms with Crippen molar-refractivity contribution in [3.8, 4) is 0 Å². The maximum Gasteiger partial charge on any atom is 0.336 e. The summed E-state index contributed by atoms with van der Waals surface area (Å²) in [5.41, 5.74) is 4.88. The van der Waals surface area contributed by atoms with E-state index in [2.05, 4.69) is 0 Å². The van der Waals surface area contributed by atoms with Gasteiger partial charge in [0, 0.05) is 11.1 Å². The molecule has 0 radical (unpaired) electrons. The smallest absolute Gasteiger partial charge is 0.336 e. The van der Waals surface area contributed by atoms with E-state index in [0.29, 0.717) is 12.0 Å². The number of carbonyl (C=O) groups is 3. The van der Waals surface area contributed by atoms with Crippen LogP contribution in [0.25, 0.3) is 0 Å². The fraction of sp³-hybridized carbons (Fsp3) is 0.526. The number of methoxy groups -OCH3 is 1. The Bertz CT molecular complexity index is 720. The van der Waals surface area contributed by atoms with Gasteiger partial charge in [0.05, 0.1) is 13.2 Å². The summed E-state index contributed by atoms with van der Waals surface area (Å²) in [6.45, 7) is 5.35. The van der Waals surface area contributed by atoms with Gasteiger partial charge in [-0.2, -0.15) is 0 Å². The summed E-state index contributed by atoms with van der Waals surface area (Å²) in [4.78, 5) is 39.3. The SMILES string of the molecule is CC[C@H](C)[C@H](N)C(=O)[C@@H](C(=O)OC)N1C(=O)c2ccccc2C1(O)CC. The summed E-state index contributed by atoms with van der Waals surface area (Å²) in [6.07, 6.45) is 0.738. The highest BCUT2D eigenvalue weighted by molar-refractivity contribution is 6.11. The molecule has 0 saturated carbocycles. The molecular formula is C19H26N2O5. The van der Waals surface area contributed by atoms with Gasteiger partial charge in [-0.05, 0) is 18.4 Å². The van der Waals surface area contributed by atoms with Crippen molar-refractivity contribution in [2.45, 2.75) is 51.4 Å². The van der Waals surface area contributed by atoms with Crippen LogP contribution in [0.2, 0.25) is 0 Å². The van der Waals surface area contributed by atoms with Gasteiger partial charge in [-0.3, -0.25) is 14.5 Å². The van der Waals surface area contributed by atoms with Gasteiger partial charge in [-0.15, -0.1) is 0 Å². The Kier molecular flexibility index (Phi) is 5.83. The molecule has 26 heavy (non-hydrogen) atoms. The molecule has 7 nitrogen and oxygen atoms in total. The number of nitrogens with two attached hydrogens (primary N) is 1. The largest absolute Gasteiger partial charge is 0.467 e. The predicted molar refractivity (Wildman–Crippen MR) is 95.0 cm³/mol. The summed E-state index contributed by atoms with van der Waals surface area (Å²) in [5.74, 6) is -2.34. The van der Waals surface area contributed by atoms with Crippen LogP contribution >= 0.6 is 0 Å². The molecule has 0 bridgehead atoms. The van der Waals surface area contributed by atoms with E-state index in [1.54, 1.807) is 38.1 Å². The van der Waals surface area contributed by atoms with Crippen LogP contribution in [-0.4, -0.2) is 46.9 Å². The number of benzene rings is 1. The third-order valence-electron chi connectivity index (χ3n) is 5.24. The van der Waals surface area contributed by atoms with Crippen molar-refractivity contribution >= 4 is 17.7 Å². The Morgan fingerprint density at radius 1 is 1.31 bits per heavy atom. The second-order valence-electron chi connectivity index (χ2n) is 6.63. The van der Waals surface area contributed by atoms with Gasteiger partial charge in [-0.25, -0.2) is 4.79 Å². The third-order valence-corrected chi connectivity index (χ3v) is 5.24. The van der Waals surface area contributed by atoms with E-state index in [1.165, 1.54) is 0 Å². The van der Waals surface area contributed by atoms with Crippen LogP contribution in [0.15, 0.2) is 24.3 Å². The number of ether oxygens (including phenoxy) is 1. The highest BCUT2D eigenvalue weighted by Gasteiger charge is 2.55. The first-order valence-corrected chi connectivity index (χ1v) is 8.77. The highest BCUT2D eigenvalue weighted by atomic mass is 16.5. The van der Waals surface area contributed by atoms with E-state index in [0.717, 1.165) is 12.0 Å². The van der Waals surface area contributed by atoms with Gasteiger partial charge in [-0.1, -0.05) is 45.4 Å². The van der Waals surface area contributed by atoms with Crippen molar-refractivity contribution in [3.05, 3.63) is 35.4 Å². The molecule has 4 atom stereocenters. The topological polar surface area (TPSA) is 110 Å². The molecule has 1 aliphatic rings. The summed E-state index contributed by atoms with van der Waals surface area (Å²) < 4.78 is 4.77. The zero-order valence-electron chi connectivity index (χ0n) is 15.6. The number of aliphatic hydroxyl groups is 1. The number of ketones is 1. The van der Waals surface area contributed by atoms with Crippen LogP contribution in [0.1, 0.15) is 49.5 Å². The lowest BCUT2D eigenvalue weighted by Crippen LogP contribution is -2.60. The molecule has 142 valence electrons. The second kappa shape index (κ2) is 7.55. The molecule has 1 aromatic rings. The van der Waals surface area contributed by atoms with Crippen molar-refractivity contribution in [1.29, 1.82) is 0 Å². The van der Waals surface area contributed by atoms with Crippen molar-refractivity contribution in [2.75, 3.05) is 7.11 Å².